The molecular formula is C21H26O4Si. The van der Waals surface area contributed by atoms with Gasteiger partial charge in [0.25, 0.3) is 0 Å². The van der Waals surface area contributed by atoms with Gasteiger partial charge in [0.15, 0.2) is 5.78 Å². The maximum atomic E-state index is 12.4. The minimum Gasteiger partial charge on any atom is -0.544 e. The highest BCUT2D eigenvalue weighted by Crippen LogP contribution is 2.40. The molecule has 0 saturated heterocycles. The van der Waals surface area contributed by atoms with Crippen LogP contribution in [0.15, 0.2) is 42.5 Å². The first-order valence-corrected chi connectivity index (χ1v) is 11.8. The van der Waals surface area contributed by atoms with Gasteiger partial charge < -0.3 is 14.3 Å². The third-order valence-electron chi connectivity index (χ3n) is 5.35. The fraction of sp³-hybridized carbons (Fsp3) is 0.381. The number of phenolic OH excluding ortho intramolecular Hbond substituents is 1. The zero-order valence-electron chi connectivity index (χ0n) is 16.0. The summed E-state index contributed by atoms with van der Waals surface area (Å²) in [4.78, 5) is 12.4. The van der Waals surface area contributed by atoms with Gasteiger partial charge in [-0.15, -0.1) is 0 Å². The highest BCUT2D eigenvalue weighted by molar-refractivity contribution is 6.74. The van der Waals surface area contributed by atoms with Gasteiger partial charge in [-0.3, -0.25) is 4.79 Å². The Balaban J connectivity index is 1.79. The number of rotatable bonds is 3. The van der Waals surface area contributed by atoms with Crippen molar-refractivity contribution in [2.24, 2.45) is 0 Å². The molecule has 0 aliphatic carbocycles. The number of carbonyl (C=O) groups is 1. The lowest BCUT2D eigenvalue weighted by molar-refractivity contribution is 0.0845. The molecule has 5 heteroatoms. The summed E-state index contributed by atoms with van der Waals surface area (Å²) in [6, 6.07) is 12.7. The fourth-order valence-corrected chi connectivity index (χ4v) is 3.78. The Kier molecular flexibility index (Phi) is 4.61. The smallest absolute Gasteiger partial charge is 0.250 e. The Morgan fingerprint density at radius 3 is 2.38 bits per heavy atom. The van der Waals surface area contributed by atoms with Crippen LogP contribution in [0.4, 0.5) is 0 Å². The van der Waals surface area contributed by atoms with E-state index in [-0.39, 0.29) is 34.7 Å². The van der Waals surface area contributed by atoms with E-state index in [9.17, 15) is 9.90 Å². The lowest BCUT2D eigenvalue weighted by atomic mass is 9.95. The van der Waals surface area contributed by atoms with Crippen molar-refractivity contribution in [1.29, 1.82) is 0 Å². The molecule has 1 aliphatic heterocycles. The first-order chi connectivity index (χ1) is 12.1. The van der Waals surface area contributed by atoms with Gasteiger partial charge >= 0.3 is 0 Å². The Labute approximate surface area is 155 Å². The van der Waals surface area contributed by atoms with Crippen LogP contribution >= 0.6 is 0 Å². The van der Waals surface area contributed by atoms with Crippen LogP contribution in [0.1, 0.15) is 49.2 Å². The average Bonchev–Trinajstić information content (AvgIpc) is 2.54. The molecular weight excluding hydrogens is 344 g/mol. The first kappa shape index (κ1) is 18.5. The Morgan fingerprint density at radius 1 is 1.12 bits per heavy atom. The predicted molar refractivity (Wildman–Crippen MR) is 105 cm³/mol. The predicted octanol–water partition coefficient (Wildman–Crippen LogP) is 5.48. The summed E-state index contributed by atoms with van der Waals surface area (Å²) < 4.78 is 12.3. The summed E-state index contributed by atoms with van der Waals surface area (Å²) >= 11 is 0. The topological polar surface area (TPSA) is 55.8 Å². The van der Waals surface area contributed by atoms with E-state index in [0.717, 1.165) is 11.3 Å². The van der Waals surface area contributed by atoms with Crippen LogP contribution in [0.3, 0.4) is 0 Å². The van der Waals surface area contributed by atoms with Crippen molar-refractivity contribution in [2.75, 3.05) is 0 Å². The monoisotopic (exact) mass is 370 g/mol. The van der Waals surface area contributed by atoms with Gasteiger partial charge in [-0.25, -0.2) is 0 Å². The molecule has 0 radical (unpaired) electrons. The zero-order valence-corrected chi connectivity index (χ0v) is 17.0. The number of Topliss-reactive ketones (excluding diaryl/α,β-unsaturated/α-hetero) is 1. The second-order valence-corrected chi connectivity index (χ2v) is 13.0. The van der Waals surface area contributed by atoms with Crippen LogP contribution in [0, 0.1) is 0 Å². The second-order valence-electron chi connectivity index (χ2n) is 8.32. The zero-order chi connectivity index (χ0) is 19.1. The lowest BCUT2D eigenvalue weighted by Gasteiger charge is -2.36. The van der Waals surface area contributed by atoms with Gasteiger partial charge in [0.05, 0.1) is 6.42 Å². The van der Waals surface area contributed by atoms with E-state index in [2.05, 4.69) is 33.9 Å². The van der Waals surface area contributed by atoms with Crippen LogP contribution in [0.5, 0.6) is 17.2 Å². The third-order valence-corrected chi connectivity index (χ3v) is 9.71. The number of carbonyl (C=O) groups excluding carboxylic acids is 1. The lowest BCUT2D eigenvalue weighted by Crippen LogP contribution is -2.43. The number of aromatic hydroxyl groups is 1. The summed E-state index contributed by atoms with van der Waals surface area (Å²) in [7, 11) is -1.88. The summed E-state index contributed by atoms with van der Waals surface area (Å²) in [5.74, 6) is 1.16. The van der Waals surface area contributed by atoms with Gasteiger partial charge in [0.2, 0.25) is 8.32 Å². The number of phenols is 1. The van der Waals surface area contributed by atoms with Gasteiger partial charge in [-0.2, -0.15) is 0 Å². The molecule has 1 N–H and O–H groups in total. The van der Waals surface area contributed by atoms with E-state index >= 15 is 0 Å². The highest BCUT2D eigenvalue weighted by atomic mass is 28.4. The number of hydrogen-bond donors (Lipinski definition) is 1. The van der Waals surface area contributed by atoms with Crippen LogP contribution in [-0.2, 0) is 0 Å². The molecule has 1 atom stereocenters. The molecule has 1 unspecified atom stereocenters. The van der Waals surface area contributed by atoms with Gasteiger partial charge in [-0.1, -0.05) is 39.0 Å². The molecule has 0 spiro atoms. The molecule has 4 nitrogen and oxygen atoms in total. The van der Waals surface area contributed by atoms with Crippen molar-refractivity contribution in [1.82, 2.24) is 0 Å². The minimum atomic E-state index is -1.88. The Bertz CT molecular complexity index is 819. The van der Waals surface area contributed by atoms with Crippen LogP contribution in [-0.4, -0.2) is 19.2 Å². The van der Waals surface area contributed by atoms with Crippen molar-refractivity contribution in [3.63, 3.8) is 0 Å². The van der Waals surface area contributed by atoms with Crippen molar-refractivity contribution < 1.29 is 19.1 Å². The third kappa shape index (κ3) is 3.49. The molecule has 0 saturated carbocycles. The molecule has 0 amide bonds. The van der Waals surface area contributed by atoms with E-state index in [1.807, 2.05) is 24.3 Å². The molecule has 3 rings (SSSR count). The largest absolute Gasteiger partial charge is 0.544 e. The van der Waals surface area contributed by atoms with Crippen LogP contribution < -0.4 is 9.16 Å². The standard InChI is InChI=1S/C21H26O4Si/c1-21(2,3)26(4,5)25-15-11-9-14(10-12-15)19-13-17(23)20-16(22)7-6-8-18(20)24-19/h6-12,19,22H,13H2,1-5H3. The molecule has 2 aromatic rings. The number of benzene rings is 2. The van der Waals surface area contributed by atoms with Crippen molar-refractivity contribution in [2.45, 2.75) is 51.4 Å². The number of ketones is 1. The molecule has 1 heterocycles. The van der Waals surface area contributed by atoms with Crippen molar-refractivity contribution in [3.05, 3.63) is 53.6 Å². The number of fused-ring (bicyclic) bond motifs is 1. The molecule has 1 aliphatic rings. The van der Waals surface area contributed by atoms with E-state index in [4.69, 9.17) is 9.16 Å². The fourth-order valence-electron chi connectivity index (χ4n) is 2.75. The van der Waals surface area contributed by atoms with Crippen LogP contribution in [0.25, 0.3) is 0 Å². The maximum absolute atomic E-state index is 12.4. The summed E-state index contributed by atoms with van der Waals surface area (Å²) in [5, 5.41) is 10.0. The maximum Gasteiger partial charge on any atom is 0.250 e. The molecule has 2 aromatic carbocycles. The van der Waals surface area contributed by atoms with Gasteiger partial charge in [-0.05, 0) is 48.0 Å². The Morgan fingerprint density at radius 2 is 1.77 bits per heavy atom. The number of ether oxygens (including phenoxy) is 1. The minimum absolute atomic E-state index is 0.0240. The van der Waals surface area contributed by atoms with E-state index in [0.29, 0.717) is 5.75 Å². The summed E-state index contributed by atoms with van der Waals surface area (Å²) in [6.07, 6.45) is -0.133. The average molecular weight is 371 g/mol. The SMILES string of the molecule is CC(C)(C)[Si](C)(C)Oc1ccc(C2CC(=O)c3c(O)cccc3O2)cc1. The van der Waals surface area contributed by atoms with E-state index in [1.165, 1.54) is 6.07 Å². The molecule has 0 aromatic heterocycles. The molecule has 0 bridgehead atoms. The summed E-state index contributed by atoms with van der Waals surface area (Å²) in [5.41, 5.74) is 1.21. The van der Waals surface area contributed by atoms with Gasteiger partial charge in [0.1, 0.15) is 28.9 Å². The van der Waals surface area contributed by atoms with Crippen molar-refractivity contribution in [3.8, 4) is 17.2 Å². The molecule has 138 valence electrons. The van der Waals surface area contributed by atoms with Crippen LogP contribution in [0.2, 0.25) is 18.1 Å². The van der Waals surface area contributed by atoms with Crippen molar-refractivity contribution >= 4 is 14.1 Å². The molecule has 0 fully saturated rings. The van der Waals surface area contributed by atoms with E-state index in [1.54, 1.807) is 12.1 Å². The summed E-state index contributed by atoms with van der Waals surface area (Å²) in [6.45, 7) is 11.1. The molecule has 26 heavy (non-hydrogen) atoms. The first-order valence-electron chi connectivity index (χ1n) is 8.89. The quantitative estimate of drug-likeness (QED) is 0.727. The second kappa shape index (κ2) is 6.47. The van der Waals surface area contributed by atoms with Gasteiger partial charge in [0, 0.05) is 0 Å². The highest BCUT2D eigenvalue weighted by Gasteiger charge is 2.39. The Hall–Kier alpha value is -2.27. The normalized spacial score (nSPS) is 17.4. The number of hydrogen-bond acceptors (Lipinski definition) is 4. The van der Waals surface area contributed by atoms with E-state index < -0.39 is 8.32 Å².